The Kier molecular flexibility index (Phi) is 9.37. The molecule has 2 aromatic rings. The Morgan fingerprint density at radius 2 is 1.90 bits per heavy atom. The number of rotatable bonds is 6. The average molecular weight is 540 g/mol. The van der Waals surface area contributed by atoms with Crippen LogP contribution in [0.25, 0.3) is 0 Å². The molecule has 0 atom stereocenters. The van der Waals surface area contributed by atoms with Crippen LogP contribution in [0.3, 0.4) is 0 Å². The molecule has 0 fully saturated rings. The van der Waals surface area contributed by atoms with E-state index in [1.54, 1.807) is 38.7 Å². The Labute approximate surface area is 191 Å². The summed E-state index contributed by atoms with van der Waals surface area (Å²) in [4.78, 5) is 4.29. The molecule has 30 heavy (non-hydrogen) atoms. The Morgan fingerprint density at radius 3 is 2.43 bits per heavy atom. The molecule has 0 saturated heterocycles. The maximum Gasteiger partial charge on any atom is 0.416 e. The van der Waals surface area contributed by atoms with Gasteiger partial charge in [-0.05, 0) is 45.4 Å². The standard InChI is InChI=1S/C19H27F3N6O.HI/c1-6-23-17(25-11-16-27-26-12-28(16)5)24-10-13-7-8-14(29-18(2,3)4)9-15(13)19(20,21)22;/h7-9,12H,6,10-11H2,1-5H3,(H2,23,24,25);1H. The van der Waals surface area contributed by atoms with Crippen molar-refractivity contribution in [1.82, 2.24) is 25.4 Å². The van der Waals surface area contributed by atoms with Gasteiger partial charge in [0.05, 0.1) is 18.7 Å². The molecule has 2 N–H and O–H groups in total. The van der Waals surface area contributed by atoms with Crippen molar-refractivity contribution in [3.05, 3.63) is 41.5 Å². The van der Waals surface area contributed by atoms with Crippen LogP contribution in [0.15, 0.2) is 29.5 Å². The second-order valence-electron chi connectivity index (χ2n) is 7.44. The van der Waals surface area contributed by atoms with Gasteiger partial charge in [0.2, 0.25) is 0 Å². The fourth-order valence-electron chi connectivity index (χ4n) is 2.51. The van der Waals surface area contributed by atoms with E-state index in [1.165, 1.54) is 12.1 Å². The lowest BCUT2D eigenvalue weighted by atomic mass is 10.1. The summed E-state index contributed by atoms with van der Waals surface area (Å²) in [5.41, 5.74) is -1.29. The number of aliphatic imine (C=N–C) groups is 1. The van der Waals surface area contributed by atoms with Gasteiger partial charge in [-0.25, -0.2) is 4.99 Å². The normalized spacial score (nSPS) is 12.3. The summed E-state index contributed by atoms with van der Waals surface area (Å²) in [5, 5.41) is 13.8. The van der Waals surface area contributed by atoms with Gasteiger partial charge in [-0.3, -0.25) is 0 Å². The van der Waals surface area contributed by atoms with Crippen molar-refractivity contribution >= 4 is 29.9 Å². The van der Waals surface area contributed by atoms with Crippen LogP contribution >= 0.6 is 24.0 Å². The molecule has 0 aliphatic carbocycles. The summed E-state index contributed by atoms with van der Waals surface area (Å²) in [6.45, 7) is 7.98. The number of halogens is 4. The Bertz CT molecular complexity index is 846. The summed E-state index contributed by atoms with van der Waals surface area (Å²) < 4.78 is 48.0. The van der Waals surface area contributed by atoms with E-state index in [0.717, 1.165) is 6.07 Å². The van der Waals surface area contributed by atoms with Crippen molar-refractivity contribution in [3.63, 3.8) is 0 Å². The maximum atomic E-state index is 13.6. The molecule has 11 heteroatoms. The topological polar surface area (TPSA) is 76.4 Å². The monoisotopic (exact) mass is 540 g/mol. The molecule has 0 radical (unpaired) electrons. The van der Waals surface area contributed by atoms with E-state index in [9.17, 15) is 13.2 Å². The van der Waals surface area contributed by atoms with Gasteiger partial charge in [0.25, 0.3) is 0 Å². The van der Waals surface area contributed by atoms with E-state index in [1.807, 2.05) is 6.92 Å². The molecule has 1 aromatic carbocycles. The van der Waals surface area contributed by atoms with Crippen molar-refractivity contribution in [2.24, 2.45) is 12.0 Å². The number of alkyl halides is 3. The predicted molar refractivity (Wildman–Crippen MR) is 120 cm³/mol. The molecule has 1 aromatic heterocycles. The highest BCUT2D eigenvalue weighted by Crippen LogP contribution is 2.35. The Hall–Kier alpha value is -2.05. The van der Waals surface area contributed by atoms with Crippen LogP contribution in [-0.2, 0) is 26.3 Å². The minimum Gasteiger partial charge on any atom is -0.488 e. The first-order valence-corrected chi connectivity index (χ1v) is 9.24. The molecule has 168 valence electrons. The maximum absolute atomic E-state index is 13.6. The SMILES string of the molecule is CCNC(=NCc1ccc(OC(C)(C)C)cc1C(F)(F)F)NCc1nncn1C.I. The van der Waals surface area contributed by atoms with Gasteiger partial charge in [-0.1, -0.05) is 6.07 Å². The van der Waals surface area contributed by atoms with E-state index in [0.29, 0.717) is 24.9 Å². The lowest BCUT2D eigenvalue weighted by Gasteiger charge is -2.22. The van der Waals surface area contributed by atoms with Gasteiger partial charge in [-0.2, -0.15) is 13.2 Å². The number of nitrogens with zero attached hydrogens (tertiary/aromatic N) is 4. The fraction of sp³-hybridized carbons (Fsp3) is 0.526. The third kappa shape index (κ3) is 8.00. The summed E-state index contributed by atoms with van der Waals surface area (Å²) in [6.07, 6.45) is -2.94. The van der Waals surface area contributed by atoms with Crippen LogP contribution in [0.2, 0.25) is 0 Å². The average Bonchev–Trinajstić information content (AvgIpc) is 3.01. The molecule has 0 unspecified atom stereocenters. The molecule has 2 rings (SSSR count). The number of benzene rings is 1. The second-order valence-corrected chi connectivity index (χ2v) is 7.44. The van der Waals surface area contributed by atoms with Crippen LogP contribution < -0.4 is 15.4 Å². The van der Waals surface area contributed by atoms with E-state index < -0.39 is 17.3 Å². The third-order valence-corrected chi connectivity index (χ3v) is 3.78. The van der Waals surface area contributed by atoms with Crippen molar-refractivity contribution < 1.29 is 17.9 Å². The van der Waals surface area contributed by atoms with E-state index >= 15 is 0 Å². The summed E-state index contributed by atoms with van der Waals surface area (Å²) >= 11 is 0. The first-order chi connectivity index (χ1) is 13.5. The zero-order chi connectivity index (χ0) is 21.7. The molecule has 1 heterocycles. The predicted octanol–water partition coefficient (Wildman–Crippen LogP) is 3.88. The summed E-state index contributed by atoms with van der Waals surface area (Å²) in [7, 11) is 1.80. The van der Waals surface area contributed by atoms with Crippen molar-refractivity contribution in [3.8, 4) is 5.75 Å². The van der Waals surface area contributed by atoms with Gasteiger partial charge < -0.3 is 19.9 Å². The zero-order valence-electron chi connectivity index (χ0n) is 17.7. The fourth-order valence-corrected chi connectivity index (χ4v) is 2.51. The molecule has 0 amide bonds. The van der Waals surface area contributed by atoms with E-state index in [4.69, 9.17) is 4.74 Å². The van der Waals surface area contributed by atoms with Crippen molar-refractivity contribution in [2.45, 2.75) is 52.6 Å². The number of ether oxygens (including phenoxy) is 1. The van der Waals surface area contributed by atoms with Gasteiger partial charge >= 0.3 is 6.18 Å². The first-order valence-electron chi connectivity index (χ1n) is 9.24. The first kappa shape index (κ1) is 26.0. The van der Waals surface area contributed by atoms with Crippen molar-refractivity contribution in [2.75, 3.05) is 6.54 Å². The number of aryl methyl sites for hydroxylation is 1. The smallest absolute Gasteiger partial charge is 0.416 e. The van der Waals surface area contributed by atoms with Crippen LogP contribution in [-0.4, -0.2) is 32.9 Å². The highest BCUT2D eigenvalue weighted by molar-refractivity contribution is 14.0. The van der Waals surface area contributed by atoms with Crippen LogP contribution in [0.1, 0.15) is 44.6 Å². The van der Waals surface area contributed by atoms with Gasteiger partial charge in [0, 0.05) is 13.6 Å². The van der Waals surface area contributed by atoms with Gasteiger partial charge in [0.15, 0.2) is 11.8 Å². The minimum atomic E-state index is -4.51. The highest BCUT2D eigenvalue weighted by Gasteiger charge is 2.34. The lowest BCUT2D eigenvalue weighted by Crippen LogP contribution is -2.37. The number of nitrogens with one attached hydrogen (secondary N) is 2. The summed E-state index contributed by atoms with van der Waals surface area (Å²) in [6, 6.07) is 3.96. The van der Waals surface area contributed by atoms with Crippen LogP contribution in [0, 0.1) is 0 Å². The third-order valence-electron chi connectivity index (χ3n) is 3.78. The van der Waals surface area contributed by atoms with Crippen LogP contribution in [0.4, 0.5) is 13.2 Å². The molecule has 0 saturated carbocycles. The van der Waals surface area contributed by atoms with Gasteiger partial charge in [0.1, 0.15) is 17.7 Å². The molecule has 0 spiro atoms. The number of guanidine groups is 1. The van der Waals surface area contributed by atoms with E-state index in [-0.39, 0.29) is 41.8 Å². The quantitative estimate of drug-likeness (QED) is 0.331. The van der Waals surface area contributed by atoms with Crippen LogP contribution in [0.5, 0.6) is 5.75 Å². The Balaban J connectivity index is 0.00000450. The number of aromatic nitrogens is 3. The van der Waals surface area contributed by atoms with E-state index in [2.05, 4.69) is 25.8 Å². The highest BCUT2D eigenvalue weighted by atomic mass is 127. The largest absolute Gasteiger partial charge is 0.488 e. The molecular formula is C19H28F3IN6O. The minimum absolute atomic E-state index is 0. The lowest BCUT2D eigenvalue weighted by molar-refractivity contribution is -0.138. The number of hydrogen-bond donors (Lipinski definition) is 2. The molecule has 0 aliphatic rings. The zero-order valence-corrected chi connectivity index (χ0v) is 20.0. The second kappa shape index (κ2) is 10.8. The summed E-state index contributed by atoms with van der Waals surface area (Å²) in [5.74, 6) is 1.23. The number of hydrogen-bond acceptors (Lipinski definition) is 4. The molecule has 0 aliphatic heterocycles. The van der Waals surface area contributed by atoms with Crippen molar-refractivity contribution in [1.29, 1.82) is 0 Å². The Morgan fingerprint density at radius 1 is 1.20 bits per heavy atom. The molecule has 7 nitrogen and oxygen atoms in total. The molecular weight excluding hydrogens is 512 g/mol. The molecule has 0 bridgehead atoms. The van der Waals surface area contributed by atoms with Gasteiger partial charge in [-0.15, -0.1) is 34.2 Å².